The van der Waals surface area contributed by atoms with Crippen LogP contribution in [-0.4, -0.2) is 6.04 Å². The molecule has 0 aliphatic heterocycles. The largest absolute Gasteiger partial charge is 0.388 e. The summed E-state index contributed by atoms with van der Waals surface area (Å²) in [7, 11) is 0. The van der Waals surface area contributed by atoms with Crippen molar-refractivity contribution in [2.24, 2.45) is 11.8 Å². The Balaban J connectivity index is 3.87. The summed E-state index contributed by atoms with van der Waals surface area (Å²) in [5.74, 6) is 1.35. The summed E-state index contributed by atoms with van der Waals surface area (Å²) >= 11 is 0. The quantitative estimate of drug-likeness (QED) is 0.681. The lowest BCUT2D eigenvalue weighted by molar-refractivity contribution is 0.471. The van der Waals surface area contributed by atoms with E-state index >= 15 is 0 Å². The van der Waals surface area contributed by atoms with Crippen LogP contribution in [0.2, 0.25) is 0 Å². The van der Waals surface area contributed by atoms with Gasteiger partial charge in [0, 0.05) is 6.04 Å². The van der Waals surface area contributed by atoms with Crippen molar-refractivity contribution in [2.45, 2.75) is 47.6 Å². The maximum atomic E-state index is 3.40. The van der Waals surface area contributed by atoms with Crippen molar-refractivity contribution in [3.8, 4) is 0 Å². The third kappa shape index (κ3) is 4.42. The Labute approximate surface area is 77.2 Å². The Morgan fingerprint density at radius 1 is 1.08 bits per heavy atom. The minimum Gasteiger partial charge on any atom is -0.388 e. The molecule has 0 aromatic heterocycles. The standard InChI is InChI=1S/C11H23N/c1-8(2)10(5)7-12-11(6)9(3)4/h7-9,11-12H,1-6H3/b10-7+. The second kappa shape index (κ2) is 5.23. The van der Waals surface area contributed by atoms with E-state index in [9.17, 15) is 0 Å². The number of hydrogen-bond donors (Lipinski definition) is 1. The first-order valence-electron chi connectivity index (χ1n) is 4.87. The zero-order valence-electron chi connectivity index (χ0n) is 9.31. The molecule has 72 valence electrons. The molecule has 0 saturated carbocycles. The summed E-state index contributed by atoms with van der Waals surface area (Å²) in [6.07, 6.45) is 2.15. The zero-order valence-corrected chi connectivity index (χ0v) is 9.31. The number of hydrogen-bond acceptors (Lipinski definition) is 1. The predicted molar refractivity (Wildman–Crippen MR) is 56.0 cm³/mol. The number of nitrogens with one attached hydrogen (secondary N) is 1. The van der Waals surface area contributed by atoms with Crippen LogP contribution in [0.5, 0.6) is 0 Å². The van der Waals surface area contributed by atoms with Crippen LogP contribution >= 0.6 is 0 Å². The lowest BCUT2D eigenvalue weighted by Crippen LogP contribution is -2.26. The molecular formula is C11H23N. The molecule has 0 aromatic carbocycles. The minimum atomic E-state index is 0.568. The lowest BCUT2D eigenvalue weighted by atomic mass is 10.0. The Morgan fingerprint density at radius 3 is 1.92 bits per heavy atom. The average molecular weight is 169 g/mol. The van der Waals surface area contributed by atoms with Gasteiger partial charge < -0.3 is 5.32 Å². The van der Waals surface area contributed by atoms with Crippen LogP contribution in [0.4, 0.5) is 0 Å². The first kappa shape index (κ1) is 11.5. The summed E-state index contributed by atoms with van der Waals surface area (Å²) in [4.78, 5) is 0. The van der Waals surface area contributed by atoms with E-state index in [1.54, 1.807) is 0 Å². The third-order valence-corrected chi connectivity index (χ3v) is 2.48. The van der Waals surface area contributed by atoms with Gasteiger partial charge >= 0.3 is 0 Å². The molecule has 12 heavy (non-hydrogen) atoms. The molecule has 1 heteroatoms. The molecule has 0 radical (unpaired) electrons. The van der Waals surface area contributed by atoms with Crippen LogP contribution in [0, 0.1) is 11.8 Å². The Kier molecular flexibility index (Phi) is 5.03. The van der Waals surface area contributed by atoms with E-state index in [1.165, 1.54) is 5.57 Å². The van der Waals surface area contributed by atoms with E-state index in [2.05, 4.69) is 53.1 Å². The van der Waals surface area contributed by atoms with Gasteiger partial charge in [-0.25, -0.2) is 0 Å². The molecule has 0 aromatic rings. The maximum absolute atomic E-state index is 3.40. The first-order valence-corrected chi connectivity index (χ1v) is 4.87. The van der Waals surface area contributed by atoms with Crippen LogP contribution in [-0.2, 0) is 0 Å². The highest BCUT2D eigenvalue weighted by Crippen LogP contribution is 2.07. The van der Waals surface area contributed by atoms with Crippen molar-refractivity contribution >= 4 is 0 Å². The van der Waals surface area contributed by atoms with Gasteiger partial charge in [-0.3, -0.25) is 0 Å². The highest BCUT2D eigenvalue weighted by atomic mass is 14.9. The van der Waals surface area contributed by atoms with Crippen LogP contribution < -0.4 is 5.32 Å². The highest BCUT2D eigenvalue weighted by molar-refractivity contribution is 5.00. The van der Waals surface area contributed by atoms with Crippen molar-refractivity contribution in [3.63, 3.8) is 0 Å². The van der Waals surface area contributed by atoms with Gasteiger partial charge in [-0.1, -0.05) is 33.3 Å². The fourth-order valence-corrected chi connectivity index (χ4v) is 0.622. The summed E-state index contributed by atoms with van der Waals surface area (Å²) in [5, 5.41) is 3.40. The smallest absolute Gasteiger partial charge is 0.0250 e. The van der Waals surface area contributed by atoms with Crippen molar-refractivity contribution in [1.29, 1.82) is 0 Å². The average Bonchev–Trinajstić information content (AvgIpc) is 1.98. The molecule has 0 amide bonds. The van der Waals surface area contributed by atoms with Crippen molar-refractivity contribution < 1.29 is 0 Å². The molecular weight excluding hydrogens is 146 g/mol. The topological polar surface area (TPSA) is 12.0 Å². The molecule has 0 aliphatic carbocycles. The highest BCUT2D eigenvalue weighted by Gasteiger charge is 2.03. The second-order valence-corrected chi connectivity index (χ2v) is 4.24. The number of rotatable bonds is 4. The molecule has 1 N–H and O–H groups in total. The van der Waals surface area contributed by atoms with Gasteiger partial charge in [-0.2, -0.15) is 0 Å². The molecule has 0 aliphatic rings. The molecule has 0 bridgehead atoms. The SMILES string of the molecule is C/C(=C\NC(C)C(C)C)C(C)C. The van der Waals surface area contributed by atoms with Gasteiger partial charge in [0.1, 0.15) is 0 Å². The van der Waals surface area contributed by atoms with E-state index in [1.807, 2.05) is 0 Å². The van der Waals surface area contributed by atoms with Crippen molar-refractivity contribution in [1.82, 2.24) is 5.32 Å². The third-order valence-electron chi connectivity index (χ3n) is 2.48. The first-order chi connectivity index (χ1) is 5.45. The molecule has 1 nitrogen and oxygen atoms in total. The van der Waals surface area contributed by atoms with Gasteiger partial charge in [0.25, 0.3) is 0 Å². The van der Waals surface area contributed by atoms with E-state index < -0.39 is 0 Å². The van der Waals surface area contributed by atoms with E-state index in [-0.39, 0.29) is 0 Å². The second-order valence-electron chi connectivity index (χ2n) is 4.24. The molecule has 0 saturated heterocycles. The monoisotopic (exact) mass is 169 g/mol. The van der Waals surface area contributed by atoms with Gasteiger partial charge in [0.15, 0.2) is 0 Å². The van der Waals surface area contributed by atoms with Crippen LogP contribution in [0.25, 0.3) is 0 Å². The summed E-state index contributed by atoms with van der Waals surface area (Å²) in [5.41, 5.74) is 1.42. The predicted octanol–water partition coefficient (Wildman–Crippen LogP) is 3.18. The van der Waals surface area contributed by atoms with E-state index in [4.69, 9.17) is 0 Å². The van der Waals surface area contributed by atoms with Crippen LogP contribution in [0.3, 0.4) is 0 Å². The van der Waals surface area contributed by atoms with Crippen LogP contribution in [0.1, 0.15) is 41.5 Å². The fourth-order valence-electron chi connectivity index (χ4n) is 0.622. The lowest BCUT2D eigenvalue weighted by Gasteiger charge is -2.17. The van der Waals surface area contributed by atoms with Crippen LogP contribution in [0.15, 0.2) is 11.8 Å². The fraction of sp³-hybridized carbons (Fsp3) is 0.818. The Bertz CT molecular complexity index is 145. The van der Waals surface area contributed by atoms with Gasteiger partial charge in [0.2, 0.25) is 0 Å². The molecule has 1 unspecified atom stereocenters. The van der Waals surface area contributed by atoms with Crippen molar-refractivity contribution in [3.05, 3.63) is 11.8 Å². The normalized spacial score (nSPS) is 15.5. The maximum Gasteiger partial charge on any atom is 0.0250 e. The summed E-state index contributed by atoms with van der Waals surface area (Å²) in [6, 6.07) is 0.568. The van der Waals surface area contributed by atoms with Gasteiger partial charge in [0.05, 0.1) is 0 Å². The van der Waals surface area contributed by atoms with E-state index in [0.717, 1.165) is 0 Å². The van der Waals surface area contributed by atoms with Crippen molar-refractivity contribution in [2.75, 3.05) is 0 Å². The minimum absolute atomic E-state index is 0.568. The Hall–Kier alpha value is -0.460. The van der Waals surface area contributed by atoms with E-state index in [0.29, 0.717) is 17.9 Å². The summed E-state index contributed by atoms with van der Waals surface area (Å²) in [6.45, 7) is 13.3. The van der Waals surface area contributed by atoms with Gasteiger partial charge in [-0.15, -0.1) is 0 Å². The molecule has 0 heterocycles. The molecule has 0 spiro atoms. The molecule has 1 atom stereocenters. The molecule has 0 fully saturated rings. The zero-order chi connectivity index (χ0) is 9.72. The number of allylic oxidation sites excluding steroid dienone is 1. The van der Waals surface area contributed by atoms with Gasteiger partial charge in [-0.05, 0) is 31.9 Å². The Morgan fingerprint density at radius 2 is 1.58 bits per heavy atom. The summed E-state index contributed by atoms with van der Waals surface area (Å²) < 4.78 is 0. The molecule has 0 rings (SSSR count).